The standard InChI is InChI=1S/C12H26N2/c1-11(9-10-14(2)3)13-12-7-5-4-6-8-12/h11-13H,4-10H2,1-3H3. The Hall–Kier alpha value is -0.0800. The molecule has 1 rings (SSSR count). The molecule has 0 amide bonds. The average molecular weight is 198 g/mol. The smallest absolute Gasteiger partial charge is 0.00695 e. The fourth-order valence-electron chi connectivity index (χ4n) is 2.21. The summed E-state index contributed by atoms with van der Waals surface area (Å²) < 4.78 is 0. The van der Waals surface area contributed by atoms with Gasteiger partial charge in [0.2, 0.25) is 0 Å². The molecule has 0 aromatic carbocycles. The lowest BCUT2D eigenvalue weighted by atomic mass is 9.95. The molecule has 0 spiro atoms. The van der Waals surface area contributed by atoms with Crippen molar-refractivity contribution in [1.29, 1.82) is 0 Å². The van der Waals surface area contributed by atoms with Crippen molar-refractivity contribution in [2.45, 2.75) is 57.5 Å². The molecule has 1 atom stereocenters. The number of rotatable bonds is 5. The normalized spacial score (nSPS) is 21.4. The molecule has 0 aromatic rings. The van der Waals surface area contributed by atoms with Gasteiger partial charge in [0.15, 0.2) is 0 Å². The van der Waals surface area contributed by atoms with E-state index < -0.39 is 0 Å². The molecule has 1 fully saturated rings. The van der Waals surface area contributed by atoms with Crippen LogP contribution in [0.2, 0.25) is 0 Å². The lowest BCUT2D eigenvalue weighted by Crippen LogP contribution is -2.39. The maximum Gasteiger partial charge on any atom is 0.00695 e. The highest BCUT2D eigenvalue weighted by molar-refractivity contribution is 4.75. The maximum atomic E-state index is 3.75. The molecule has 1 saturated carbocycles. The highest BCUT2D eigenvalue weighted by Gasteiger charge is 2.14. The quantitative estimate of drug-likeness (QED) is 0.729. The molecule has 0 bridgehead atoms. The second-order valence-corrected chi connectivity index (χ2v) is 4.99. The SMILES string of the molecule is CC(CCN(C)C)NC1CCCCC1. The molecule has 1 N–H and O–H groups in total. The first kappa shape index (κ1) is 12.0. The van der Waals surface area contributed by atoms with E-state index in [1.54, 1.807) is 0 Å². The minimum atomic E-state index is 0.681. The van der Waals surface area contributed by atoms with Crippen LogP contribution in [0.1, 0.15) is 45.4 Å². The van der Waals surface area contributed by atoms with Gasteiger partial charge in [0.05, 0.1) is 0 Å². The van der Waals surface area contributed by atoms with Crippen LogP contribution in [0, 0.1) is 0 Å². The molecule has 1 aliphatic rings. The topological polar surface area (TPSA) is 15.3 Å². The fourth-order valence-corrected chi connectivity index (χ4v) is 2.21. The lowest BCUT2D eigenvalue weighted by molar-refractivity contribution is 0.311. The fraction of sp³-hybridized carbons (Fsp3) is 1.00. The Kier molecular flexibility index (Phi) is 5.49. The van der Waals surface area contributed by atoms with Crippen LogP contribution in [0.5, 0.6) is 0 Å². The van der Waals surface area contributed by atoms with Gasteiger partial charge in [-0.25, -0.2) is 0 Å². The summed E-state index contributed by atoms with van der Waals surface area (Å²) in [6.45, 7) is 3.51. The zero-order valence-electron chi connectivity index (χ0n) is 10.1. The molecular weight excluding hydrogens is 172 g/mol. The van der Waals surface area contributed by atoms with Crippen LogP contribution in [0.25, 0.3) is 0 Å². The summed E-state index contributed by atoms with van der Waals surface area (Å²) in [6.07, 6.45) is 8.36. The molecule has 2 heteroatoms. The predicted octanol–water partition coefficient (Wildman–Crippen LogP) is 2.25. The molecular formula is C12H26N2. The third-order valence-electron chi connectivity index (χ3n) is 3.13. The van der Waals surface area contributed by atoms with Crippen LogP contribution in [-0.2, 0) is 0 Å². The van der Waals surface area contributed by atoms with E-state index in [9.17, 15) is 0 Å². The Balaban J connectivity index is 2.09. The van der Waals surface area contributed by atoms with Crippen LogP contribution in [0.3, 0.4) is 0 Å². The van der Waals surface area contributed by atoms with Crippen molar-refractivity contribution in [2.24, 2.45) is 0 Å². The van der Waals surface area contributed by atoms with Crippen molar-refractivity contribution < 1.29 is 0 Å². The van der Waals surface area contributed by atoms with Crippen molar-refractivity contribution >= 4 is 0 Å². The molecule has 84 valence electrons. The van der Waals surface area contributed by atoms with Gasteiger partial charge in [-0.1, -0.05) is 19.3 Å². The van der Waals surface area contributed by atoms with E-state index >= 15 is 0 Å². The first-order valence-electron chi connectivity index (χ1n) is 6.09. The van der Waals surface area contributed by atoms with Crippen molar-refractivity contribution in [1.82, 2.24) is 10.2 Å². The lowest BCUT2D eigenvalue weighted by Gasteiger charge is -2.27. The molecule has 1 aliphatic carbocycles. The highest BCUT2D eigenvalue weighted by atomic mass is 15.1. The molecule has 0 aromatic heterocycles. The Morgan fingerprint density at radius 3 is 2.43 bits per heavy atom. The minimum absolute atomic E-state index is 0.681. The number of nitrogens with one attached hydrogen (secondary N) is 1. The zero-order valence-corrected chi connectivity index (χ0v) is 10.1. The van der Waals surface area contributed by atoms with Crippen LogP contribution in [0.4, 0.5) is 0 Å². The Bertz CT molecular complexity index is 139. The number of nitrogens with zero attached hydrogens (tertiary/aromatic N) is 1. The van der Waals surface area contributed by atoms with Gasteiger partial charge in [0.25, 0.3) is 0 Å². The summed E-state index contributed by atoms with van der Waals surface area (Å²) in [5, 5.41) is 3.75. The molecule has 2 nitrogen and oxygen atoms in total. The third-order valence-corrected chi connectivity index (χ3v) is 3.13. The van der Waals surface area contributed by atoms with E-state index in [1.807, 2.05) is 0 Å². The van der Waals surface area contributed by atoms with Gasteiger partial charge in [-0.15, -0.1) is 0 Å². The van der Waals surface area contributed by atoms with Gasteiger partial charge < -0.3 is 10.2 Å². The third kappa shape index (κ3) is 4.97. The Morgan fingerprint density at radius 1 is 1.21 bits per heavy atom. The zero-order chi connectivity index (χ0) is 10.4. The summed E-state index contributed by atoms with van der Waals surface area (Å²) in [5.74, 6) is 0. The molecule has 0 saturated heterocycles. The summed E-state index contributed by atoms with van der Waals surface area (Å²) in [6, 6.07) is 1.49. The highest BCUT2D eigenvalue weighted by Crippen LogP contribution is 2.18. The summed E-state index contributed by atoms with van der Waals surface area (Å²) >= 11 is 0. The van der Waals surface area contributed by atoms with Crippen LogP contribution >= 0.6 is 0 Å². The van der Waals surface area contributed by atoms with Crippen LogP contribution < -0.4 is 5.32 Å². The van der Waals surface area contributed by atoms with Crippen molar-refractivity contribution in [3.05, 3.63) is 0 Å². The van der Waals surface area contributed by atoms with Crippen molar-refractivity contribution in [2.75, 3.05) is 20.6 Å². The number of hydrogen-bond acceptors (Lipinski definition) is 2. The second kappa shape index (κ2) is 6.41. The van der Waals surface area contributed by atoms with E-state index in [1.165, 1.54) is 45.1 Å². The first-order valence-corrected chi connectivity index (χ1v) is 6.09. The van der Waals surface area contributed by atoms with Gasteiger partial charge in [-0.05, 0) is 46.8 Å². The van der Waals surface area contributed by atoms with E-state index in [2.05, 4.69) is 31.2 Å². The molecule has 14 heavy (non-hydrogen) atoms. The van der Waals surface area contributed by atoms with Gasteiger partial charge in [0, 0.05) is 12.1 Å². The molecule has 0 aliphatic heterocycles. The summed E-state index contributed by atoms with van der Waals surface area (Å²) in [5.41, 5.74) is 0. The first-order chi connectivity index (χ1) is 6.68. The van der Waals surface area contributed by atoms with Gasteiger partial charge >= 0.3 is 0 Å². The van der Waals surface area contributed by atoms with E-state index in [4.69, 9.17) is 0 Å². The van der Waals surface area contributed by atoms with Gasteiger partial charge in [-0.2, -0.15) is 0 Å². The van der Waals surface area contributed by atoms with Crippen LogP contribution in [0.15, 0.2) is 0 Å². The Morgan fingerprint density at radius 2 is 1.86 bits per heavy atom. The summed E-state index contributed by atoms with van der Waals surface area (Å²) in [4.78, 5) is 2.26. The second-order valence-electron chi connectivity index (χ2n) is 4.99. The van der Waals surface area contributed by atoms with E-state index in [0.29, 0.717) is 6.04 Å². The summed E-state index contributed by atoms with van der Waals surface area (Å²) in [7, 11) is 4.29. The van der Waals surface area contributed by atoms with Crippen LogP contribution in [-0.4, -0.2) is 37.6 Å². The predicted molar refractivity (Wildman–Crippen MR) is 62.6 cm³/mol. The molecule has 1 unspecified atom stereocenters. The van der Waals surface area contributed by atoms with E-state index in [0.717, 1.165) is 6.04 Å². The maximum absolute atomic E-state index is 3.75. The molecule has 0 radical (unpaired) electrons. The average Bonchev–Trinajstić information content (AvgIpc) is 2.16. The molecule has 0 heterocycles. The van der Waals surface area contributed by atoms with Crippen molar-refractivity contribution in [3.63, 3.8) is 0 Å². The largest absolute Gasteiger partial charge is 0.311 e. The number of hydrogen-bond donors (Lipinski definition) is 1. The monoisotopic (exact) mass is 198 g/mol. The Labute approximate surface area is 89.1 Å². The minimum Gasteiger partial charge on any atom is -0.311 e. The van der Waals surface area contributed by atoms with Gasteiger partial charge in [0.1, 0.15) is 0 Å². The van der Waals surface area contributed by atoms with Crippen molar-refractivity contribution in [3.8, 4) is 0 Å². The van der Waals surface area contributed by atoms with E-state index in [-0.39, 0.29) is 0 Å². The van der Waals surface area contributed by atoms with Gasteiger partial charge in [-0.3, -0.25) is 0 Å².